The molecule has 6 nitrogen and oxygen atoms in total. The van der Waals surface area contributed by atoms with Crippen molar-refractivity contribution in [2.75, 3.05) is 10.6 Å². The lowest BCUT2D eigenvalue weighted by Crippen LogP contribution is -2.05. The quantitative estimate of drug-likeness (QED) is 0.539. The molecule has 6 heteroatoms. The molecule has 26 heavy (non-hydrogen) atoms. The lowest BCUT2D eigenvalue weighted by molar-refractivity contribution is 0.613. The van der Waals surface area contributed by atoms with Crippen LogP contribution in [0.5, 0.6) is 0 Å². The minimum Gasteiger partial charge on any atom is -0.338 e. The zero-order chi connectivity index (χ0) is 17.9. The second kappa shape index (κ2) is 6.84. The molecular formula is C20H20N6. The van der Waals surface area contributed by atoms with Crippen LogP contribution in [0.2, 0.25) is 0 Å². The van der Waals surface area contributed by atoms with Crippen LogP contribution < -0.4 is 10.6 Å². The summed E-state index contributed by atoms with van der Waals surface area (Å²) in [5, 5.41) is 6.63. The first-order chi connectivity index (χ1) is 12.7. The maximum atomic E-state index is 4.69. The van der Waals surface area contributed by atoms with Gasteiger partial charge in [0.1, 0.15) is 0 Å². The molecule has 0 unspecified atom stereocenters. The topological polar surface area (TPSA) is 67.7 Å². The van der Waals surface area contributed by atoms with Gasteiger partial charge in [-0.25, -0.2) is 4.98 Å². The number of benzene rings is 2. The number of anilines is 4. The van der Waals surface area contributed by atoms with Gasteiger partial charge in [-0.3, -0.25) is 0 Å². The van der Waals surface area contributed by atoms with Crippen LogP contribution in [0.25, 0.3) is 11.2 Å². The Hall–Kier alpha value is -3.41. The molecule has 2 heterocycles. The number of rotatable bonds is 5. The maximum Gasteiger partial charge on any atom is 0.231 e. The number of para-hydroxylation sites is 2. The highest BCUT2D eigenvalue weighted by atomic mass is 15.2. The number of hydrogen-bond acceptors (Lipinski definition) is 5. The van der Waals surface area contributed by atoms with E-state index >= 15 is 0 Å². The first-order valence-corrected chi connectivity index (χ1v) is 8.59. The fraction of sp³-hybridized carbons (Fsp3) is 0.150. The summed E-state index contributed by atoms with van der Waals surface area (Å²) < 4.78 is 2.04. The summed E-state index contributed by atoms with van der Waals surface area (Å²) in [4.78, 5) is 13.9. The lowest BCUT2D eigenvalue weighted by atomic mass is 10.3. The molecule has 2 N–H and O–H groups in total. The van der Waals surface area contributed by atoms with Crippen molar-refractivity contribution in [3.05, 3.63) is 67.0 Å². The molecule has 0 radical (unpaired) electrons. The molecule has 130 valence electrons. The van der Waals surface area contributed by atoms with E-state index in [1.165, 1.54) is 0 Å². The van der Waals surface area contributed by atoms with Crippen molar-refractivity contribution < 1.29 is 0 Å². The molecule has 0 spiro atoms. The van der Waals surface area contributed by atoms with Crippen molar-refractivity contribution in [3.8, 4) is 0 Å². The second-order valence-electron chi connectivity index (χ2n) is 6.30. The summed E-state index contributed by atoms with van der Waals surface area (Å²) in [5.74, 6) is 1.21. The lowest BCUT2D eigenvalue weighted by Gasteiger charge is -2.12. The predicted molar refractivity (Wildman–Crippen MR) is 105 cm³/mol. The van der Waals surface area contributed by atoms with Crippen molar-refractivity contribution in [1.82, 2.24) is 19.5 Å². The third-order valence-corrected chi connectivity index (χ3v) is 4.04. The number of fused-ring (bicyclic) bond motifs is 1. The molecule has 0 atom stereocenters. The SMILES string of the molecule is CC(C)n1cnc2c(Nc3ccccc3)nc(Nc3ccccc3)nc21. The molecular weight excluding hydrogens is 324 g/mol. The van der Waals surface area contributed by atoms with Gasteiger partial charge in [0.05, 0.1) is 6.33 Å². The number of aromatic nitrogens is 4. The Morgan fingerprint density at radius 2 is 1.42 bits per heavy atom. The van der Waals surface area contributed by atoms with Crippen LogP contribution in [0.3, 0.4) is 0 Å². The molecule has 0 aliphatic carbocycles. The third-order valence-electron chi connectivity index (χ3n) is 4.04. The second-order valence-corrected chi connectivity index (χ2v) is 6.30. The summed E-state index contributed by atoms with van der Waals surface area (Å²) >= 11 is 0. The molecule has 0 bridgehead atoms. The first-order valence-electron chi connectivity index (χ1n) is 8.59. The molecule has 0 aliphatic heterocycles. The fourth-order valence-corrected chi connectivity index (χ4v) is 2.75. The van der Waals surface area contributed by atoms with Gasteiger partial charge in [0.2, 0.25) is 5.95 Å². The largest absolute Gasteiger partial charge is 0.338 e. The Morgan fingerprint density at radius 1 is 0.808 bits per heavy atom. The fourth-order valence-electron chi connectivity index (χ4n) is 2.75. The van der Waals surface area contributed by atoms with E-state index in [0.29, 0.717) is 11.8 Å². The van der Waals surface area contributed by atoms with Crippen LogP contribution in [0.1, 0.15) is 19.9 Å². The van der Waals surface area contributed by atoms with Gasteiger partial charge < -0.3 is 15.2 Å². The van der Waals surface area contributed by atoms with E-state index in [2.05, 4.69) is 34.4 Å². The highest BCUT2D eigenvalue weighted by Gasteiger charge is 2.15. The standard InChI is InChI=1S/C20H20N6/c1-14(2)26-13-21-17-18(22-15-9-5-3-6-10-15)24-20(25-19(17)26)23-16-11-7-4-8-12-16/h3-14H,1-2H3,(H2,22,23,24,25). The van der Waals surface area contributed by atoms with E-state index < -0.39 is 0 Å². The van der Waals surface area contributed by atoms with Gasteiger partial charge >= 0.3 is 0 Å². The van der Waals surface area contributed by atoms with E-state index in [1.54, 1.807) is 0 Å². The molecule has 2 aromatic heterocycles. The van der Waals surface area contributed by atoms with E-state index in [0.717, 1.165) is 22.5 Å². The highest BCUT2D eigenvalue weighted by Crippen LogP contribution is 2.27. The van der Waals surface area contributed by atoms with Crippen molar-refractivity contribution >= 4 is 34.3 Å². The molecule has 0 saturated carbocycles. The van der Waals surface area contributed by atoms with E-state index in [9.17, 15) is 0 Å². The summed E-state index contributed by atoms with van der Waals surface area (Å²) in [7, 11) is 0. The molecule has 0 saturated heterocycles. The maximum absolute atomic E-state index is 4.69. The van der Waals surface area contributed by atoms with Crippen LogP contribution in [0.4, 0.5) is 23.1 Å². The zero-order valence-electron chi connectivity index (χ0n) is 14.7. The smallest absolute Gasteiger partial charge is 0.231 e. The van der Waals surface area contributed by atoms with Gasteiger partial charge in [-0.15, -0.1) is 0 Å². The zero-order valence-corrected chi connectivity index (χ0v) is 14.7. The van der Waals surface area contributed by atoms with Gasteiger partial charge in [-0.1, -0.05) is 36.4 Å². The van der Waals surface area contributed by atoms with Gasteiger partial charge in [0.25, 0.3) is 0 Å². The van der Waals surface area contributed by atoms with Gasteiger partial charge in [-0.05, 0) is 38.1 Å². The third kappa shape index (κ3) is 3.21. The van der Waals surface area contributed by atoms with Crippen molar-refractivity contribution in [3.63, 3.8) is 0 Å². The average Bonchev–Trinajstić information content (AvgIpc) is 3.08. The van der Waals surface area contributed by atoms with Gasteiger partial charge in [-0.2, -0.15) is 9.97 Å². The summed E-state index contributed by atoms with van der Waals surface area (Å²) in [6, 6.07) is 20.1. The molecule has 0 aliphatic rings. The minimum absolute atomic E-state index is 0.254. The van der Waals surface area contributed by atoms with E-state index in [1.807, 2.05) is 71.6 Å². The van der Waals surface area contributed by atoms with Gasteiger partial charge in [0.15, 0.2) is 17.0 Å². The van der Waals surface area contributed by atoms with Crippen LogP contribution in [-0.2, 0) is 0 Å². The summed E-state index contributed by atoms with van der Waals surface area (Å²) in [6.45, 7) is 4.22. The number of nitrogens with zero attached hydrogens (tertiary/aromatic N) is 4. The summed E-state index contributed by atoms with van der Waals surface area (Å²) in [5.41, 5.74) is 3.44. The first kappa shape index (κ1) is 16.1. The predicted octanol–water partition coefficient (Wildman–Crippen LogP) is 4.89. The Morgan fingerprint density at radius 3 is 2.04 bits per heavy atom. The van der Waals surface area contributed by atoms with Crippen LogP contribution in [0.15, 0.2) is 67.0 Å². The van der Waals surface area contributed by atoms with Crippen molar-refractivity contribution in [1.29, 1.82) is 0 Å². The molecule has 0 fully saturated rings. The average molecular weight is 344 g/mol. The minimum atomic E-state index is 0.254. The Balaban J connectivity index is 1.80. The van der Waals surface area contributed by atoms with Gasteiger partial charge in [0, 0.05) is 17.4 Å². The molecule has 4 aromatic rings. The number of nitrogens with one attached hydrogen (secondary N) is 2. The Labute approximate surface area is 151 Å². The summed E-state index contributed by atoms with van der Waals surface area (Å²) in [6.07, 6.45) is 1.81. The van der Waals surface area contributed by atoms with E-state index in [4.69, 9.17) is 4.98 Å². The van der Waals surface area contributed by atoms with E-state index in [-0.39, 0.29) is 6.04 Å². The monoisotopic (exact) mass is 344 g/mol. The van der Waals surface area contributed by atoms with Crippen LogP contribution in [-0.4, -0.2) is 19.5 Å². The Kier molecular flexibility index (Phi) is 4.23. The molecule has 0 amide bonds. The molecule has 4 rings (SSSR count). The van der Waals surface area contributed by atoms with Crippen molar-refractivity contribution in [2.24, 2.45) is 0 Å². The normalized spacial score (nSPS) is 11.0. The number of hydrogen-bond donors (Lipinski definition) is 2. The number of imidazole rings is 1. The van der Waals surface area contributed by atoms with Crippen LogP contribution in [0, 0.1) is 0 Å². The van der Waals surface area contributed by atoms with Crippen molar-refractivity contribution in [2.45, 2.75) is 19.9 Å². The Bertz CT molecular complexity index is 1010. The highest BCUT2D eigenvalue weighted by molar-refractivity contribution is 5.87. The molecule has 2 aromatic carbocycles. The van der Waals surface area contributed by atoms with Crippen LogP contribution >= 0.6 is 0 Å².